The predicted molar refractivity (Wildman–Crippen MR) is 194 cm³/mol. The highest BCUT2D eigenvalue weighted by Crippen LogP contribution is 2.39. The van der Waals surface area contributed by atoms with Crippen LogP contribution in [0.3, 0.4) is 0 Å². The Morgan fingerprint density at radius 3 is 1.02 bits per heavy atom. The number of rotatable bonds is 8. The van der Waals surface area contributed by atoms with Gasteiger partial charge in [-0.1, -0.05) is 115 Å². The van der Waals surface area contributed by atoms with E-state index in [9.17, 15) is 0 Å². The minimum Gasteiger partial charge on any atom is -0.345 e. The molecule has 0 saturated carbocycles. The molecule has 0 amide bonds. The SMILES string of the molecule is Cc1ccc(-c2ccc(N(c3ccc(C)cc3)c3ccc(C(C)(C)c4ccc(N(C)c5ccc(C)cc5)cc4)cc3)cc2)cc1. The standard InChI is InChI=1S/C43H42N2/c1-31-7-13-34(14-8-31)35-15-25-41(26-16-35)45(40-23-11-33(3)12-24-40)42-29-19-37(20-30-42)43(4,5)36-17-27-39(28-18-36)44(6)38-21-9-32(2)10-22-38/h7-30H,1-6H3. The van der Waals surface area contributed by atoms with Crippen LogP contribution in [0.25, 0.3) is 11.1 Å². The van der Waals surface area contributed by atoms with Crippen LogP contribution in [0.1, 0.15) is 41.7 Å². The highest BCUT2D eigenvalue weighted by molar-refractivity contribution is 5.78. The van der Waals surface area contributed by atoms with Crippen LogP contribution in [0.15, 0.2) is 146 Å². The van der Waals surface area contributed by atoms with Gasteiger partial charge in [0.1, 0.15) is 0 Å². The van der Waals surface area contributed by atoms with Gasteiger partial charge in [-0.25, -0.2) is 0 Å². The lowest BCUT2D eigenvalue weighted by atomic mass is 9.78. The van der Waals surface area contributed by atoms with Gasteiger partial charge < -0.3 is 9.80 Å². The van der Waals surface area contributed by atoms with Gasteiger partial charge in [0.2, 0.25) is 0 Å². The van der Waals surface area contributed by atoms with Crippen molar-refractivity contribution in [3.05, 3.63) is 173 Å². The molecule has 2 nitrogen and oxygen atoms in total. The number of nitrogens with zero attached hydrogens (tertiary/aromatic N) is 2. The molecular formula is C43H42N2. The smallest absolute Gasteiger partial charge is 0.0462 e. The minimum atomic E-state index is -0.149. The summed E-state index contributed by atoms with van der Waals surface area (Å²) < 4.78 is 0. The summed E-state index contributed by atoms with van der Waals surface area (Å²) >= 11 is 0. The Kier molecular flexibility index (Phi) is 8.32. The van der Waals surface area contributed by atoms with E-state index in [2.05, 4.69) is 197 Å². The van der Waals surface area contributed by atoms with E-state index in [0.29, 0.717) is 0 Å². The van der Waals surface area contributed by atoms with Gasteiger partial charge in [-0.15, -0.1) is 0 Å². The topological polar surface area (TPSA) is 6.48 Å². The average Bonchev–Trinajstić information content (AvgIpc) is 3.07. The Morgan fingerprint density at radius 1 is 0.356 bits per heavy atom. The van der Waals surface area contributed by atoms with Crippen LogP contribution in [-0.2, 0) is 5.41 Å². The largest absolute Gasteiger partial charge is 0.345 e. The lowest BCUT2D eigenvalue weighted by Crippen LogP contribution is -2.19. The van der Waals surface area contributed by atoms with Crippen LogP contribution in [0.2, 0.25) is 0 Å². The fraction of sp³-hybridized carbons (Fsp3) is 0.163. The summed E-state index contributed by atoms with van der Waals surface area (Å²) in [6.07, 6.45) is 0. The molecule has 0 aromatic heterocycles. The van der Waals surface area contributed by atoms with E-state index in [1.54, 1.807) is 0 Å². The summed E-state index contributed by atoms with van der Waals surface area (Å²) in [7, 11) is 2.12. The zero-order valence-electron chi connectivity index (χ0n) is 27.3. The van der Waals surface area contributed by atoms with Crippen LogP contribution < -0.4 is 9.80 Å². The monoisotopic (exact) mass is 586 g/mol. The number of benzene rings is 6. The maximum atomic E-state index is 2.34. The maximum absolute atomic E-state index is 2.34. The van der Waals surface area contributed by atoms with Gasteiger partial charge >= 0.3 is 0 Å². The van der Waals surface area contributed by atoms with Gasteiger partial charge in [0, 0.05) is 40.9 Å². The van der Waals surface area contributed by atoms with Gasteiger partial charge in [-0.05, 0) is 104 Å². The fourth-order valence-electron chi connectivity index (χ4n) is 5.90. The van der Waals surface area contributed by atoms with Crippen LogP contribution in [0.5, 0.6) is 0 Å². The first-order valence-electron chi connectivity index (χ1n) is 15.7. The Hall–Kier alpha value is -5.08. The van der Waals surface area contributed by atoms with Gasteiger partial charge in [0.25, 0.3) is 0 Å². The molecule has 0 aliphatic carbocycles. The molecule has 6 aromatic rings. The van der Waals surface area contributed by atoms with Gasteiger partial charge in [0.15, 0.2) is 0 Å². The number of hydrogen-bond donors (Lipinski definition) is 0. The third-order valence-electron chi connectivity index (χ3n) is 9.05. The highest BCUT2D eigenvalue weighted by atomic mass is 15.1. The zero-order chi connectivity index (χ0) is 31.6. The van der Waals surface area contributed by atoms with Crippen molar-refractivity contribution in [3.8, 4) is 11.1 Å². The van der Waals surface area contributed by atoms with Crippen molar-refractivity contribution in [2.75, 3.05) is 16.8 Å². The summed E-state index contributed by atoms with van der Waals surface area (Å²) in [4.78, 5) is 4.57. The van der Waals surface area contributed by atoms with E-state index in [1.807, 2.05) is 0 Å². The zero-order valence-corrected chi connectivity index (χ0v) is 27.3. The van der Waals surface area contributed by atoms with Gasteiger partial charge in [-0.2, -0.15) is 0 Å². The van der Waals surface area contributed by atoms with E-state index in [0.717, 1.165) is 17.1 Å². The number of hydrogen-bond acceptors (Lipinski definition) is 2. The van der Waals surface area contributed by atoms with Crippen molar-refractivity contribution in [1.29, 1.82) is 0 Å². The summed E-state index contributed by atoms with van der Waals surface area (Å²) in [5, 5.41) is 0. The molecular weight excluding hydrogens is 544 g/mol. The van der Waals surface area contributed by atoms with Gasteiger partial charge in [-0.3, -0.25) is 0 Å². The molecule has 0 unspecified atom stereocenters. The Bertz CT molecular complexity index is 1850. The lowest BCUT2D eigenvalue weighted by molar-refractivity contribution is 0.641. The third-order valence-corrected chi connectivity index (χ3v) is 9.05. The Morgan fingerprint density at radius 2 is 0.622 bits per heavy atom. The molecule has 0 heterocycles. The second kappa shape index (κ2) is 12.5. The molecule has 0 N–H and O–H groups in total. The second-order valence-electron chi connectivity index (χ2n) is 12.7. The molecule has 0 saturated heterocycles. The maximum Gasteiger partial charge on any atom is 0.0462 e. The van der Waals surface area contributed by atoms with E-state index >= 15 is 0 Å². The van der Waals surface area contributed by atoms with Crippen LogP contribution in [0.4, 0.5) is 28.4 Å². The fourth-order valence-corrected chi connectivity index (χ4v) is 5.90. The summed E-state index contributed by atoms with van der Waals surface area (Å²) in [6.45, 7) is 11.0. The van der Waals surface area contributed by atoms with Crippen molar-refractivity contribution in [3.63, 3.8) is 0 Å². The molecule has 0 aliphatic heterocycles. The normalized spacial score (nSPS) is 11.3. The molecule has 0 aliphatic rings. The van der Waals surface area contributed by atoms with Crippen molar-refractivity contribution >= 4 is 28.4 Å². The summed E-state index contributed by atoms with van der Waals surface area (Å²) in [5.41, 5.74) is 14.4. The summed E-state index contributed by atoms with van der Waals surface area (Å²) in [6, 6.07) is 53.1. The molecule has 2 heteroatoms. The van der Waals surface area contributed by atoms with Crippen molar-refractivity contribution < 1.29 is 0 Å². The van der Waals surface area contributed by atoms with E-state index in [-0.39, 0.29) is 5.41 Å². The molecule has 6 rings (SSSR count). The lowest BCUT2D eigenvalue weighted by Gasteiger charge is -2.29. The van der Waals surface area contributed by atoms with Gasteiger partial charge in [0.05, 0.1) is 0 Å². The molecule has 0 fully saturated rings. The molecule has 0 spiro atoms. The molecule has 45 heavy (non-hydrogen) atoms. The number of anilines is 5. The Balaban J connectivity index is 1.27. The predicted octanol–water partition coefficient (Wildman–Crippen LogP) is 11.8. The molecule has 6 aromatic carbocycles. The third kappa shape index (κ3) is 6.42. The van der Waals surface area contributed by atoms with Crippen LogP contribution >= 0.6 is 0 Å². The second-order valence-corrected chi connectivity index (χ2v) is 12.7. The van der Waals surface area contributed by atoms with E-state index < -0.39 is 0 Å². The van der Waals surface area contributed by atoms with Crippen molar-refractivity contribution in [1.82, 2.24) is 0 Å². The number of aryl methyl sites for hydroxylation is 3. The van der Waals surface area contributed by atoms with Crippen molar-refractivity contribution in [2.45, 2.75) is 40.0 Å². The molecule has 224 valence electrons. The summed E-state index contributed by atoms with van der Waals surface area (Å²) in [5.74, 6) is 0. The average molecular weight is 587 g/mol. The first-order chi connectivity index (χ1) is 21.7. The first kappa shape index (κ1) is 30.0. The molecule has 0 atom stereocenters. The van der Waals surface area contributed by atoms with E-state index in [4.69, 9.17) is 0 Å². The van der Waals surface area contributed by atoms with Crippen LogP contribution in [-0.4, -0.2) is 7.05 Å². The highest BCUT2D eigenvalue weighted by Gasteiger charge is 2.24. The molecule has 0 radical (unpaired) electrons. The molecule has 0 bridgehead atoms. The van der Waals surface area contributed by atoms with Crippen LogP contribution in [0, 0.1) is 20.8 Å². The van der Waals surface area contributed by atoms with Crippen molar-refractivity contribution in [2.24, 2.45) is 0 Å². The minimum absolute atomic E-state index is 0.149. The Labute approximate surface area is 269 Å². The first-order valence-corrected chi connectivity index (χ1v) is 15.7. The van der Waals surface area contributed by atoms with E-state index in [1.165, 1.54) is 50.3 Å². The quantitative estimate of drug-likeness (QED) is 0.175.